The van der Waals surface area contributed by atoms with Crippen LogP contribution in [0.25, 0.3) is 11.1 Å². The zero-order valence-corrected chi connectivity index (χ0v) is 29.6. The van der Waals surface area contributed by atoms with Gasteiger partial charge in [-0.1, -0.05) is 54.0 Å². The van der Waals surface area contributed by atoms with E-state index in [0.717, 1.165) is 71.0 Å². The van der Waals surface area contributed by atoms with Gasteiger partial charge in [-0.05, 0) is 95.2 Å². The van der Waals surface area contributed by atoms with E-state index in [4.69, 9.17) is 19.2 Å². The Hall–Kier alpha value is -2.97. The maximum absolute atomic E-state index is 13.8. The van der Waals surface area contributed by atoms with Crippen molar-refractivity contribution in [3.05, 3.63) is 76.9 Å². The average Bonchev–Trinajstić information content (AvgIpc) is 2.96. The van der Waals surface area contributed by atoms with E-state index < -0.39 is 17.7 Å². The van der Waals surface area contributed by atoms with Gasteiger partial charge in [0, 0.05) is 41.7 Å². The molecule has 0 N–H and O–H groups in total. The van der Waals surface area contributed by atoms with Crippen LogP contribution in [0.1, 0.15) is 89.9 Å². The van der Waals surface area contributed by atoms with Crippen LogP contribution < -0.4 is 9.64 Å². The molecule has 45 heavy (non-hydrogen) atoms. The monoisotopic (exact) mass is 682 g/mol. The summed E-state index contributed by atoms with van der Waals surface area (Å²) in [6.45, 7) is 18.3. The number of carbonyl (C=O) groups excluding carboxylic acids is 1. The minimum Gasteiger partial charge on any atom is -0.493 e. The molecule has 0 bridgehead atoms. The molecule has 3 aromatic rings. The molecular weight excluding hydrogens is 635 g/mol. The van der Waals surface area contributed by atoms with E-state index in [2.05, 4.69) is 46.8 Å². The normalized spacial score (nSPS) is 15.7. The predicted octanol–water partition coefficient (Wildman–Crippen LogP) is 9.15. The molecule has 2 aromatic carbocycles. The van der Waals surface area contributed by atoms with Gasteiger partial charge < -0.3 is 19.1 Å². The smallest absolute Gasteiger partial charge is 0.340 e. The molecule has 0 aliphatic carbocycles. The first-order valence-electron chi connectivity index (χ1n) is 15.9. The fraction of sp³-hybridized carbons (Fsp3) is 0.514. The lowest BCUT2D eigenvalue weighted by Crippen LogP contribution is -2.39. The Bertz CT molecular complexity index is 1440. The van der Waals surface area contributed by atoms with E-state index in [9.17, 15) is 9.18 Å². The van der Waals surface area contributed by atoms with Gasteiger partial charge in [0.15, 0.2) is 6.10 Å². The molecule has 0 amide bonds. The topological polar surface area (TPSA) is 60.9 Å². The summed E-state index contributed by atoms with van der Waals surface area (Å²) in [7, 11) is 0. The summed E-state index contributed by atoms with van der Waals surface area (Å²) in [5.74, 6) is 0.0933. The molecule has 1 aliphatic rings. The van der Waals surface area contributed by atoms with Crippen molar-refractivity contribution in [1.82, 2.24) is 4.98 Å². The van der Waals surface area contributed by atoms with Crippen LogP contribution in [0, 0.1) is 18.2 Å². The fourth-order valence-corrected chi connectivity index (χ4v) is 6.07. The lowest BCUT2D eigenvalue weighted by atomic mass is 9.81. The number of piperidine rings is 1. The van der Waals surface area contributed by atoms with Gasteiger partial charge in [0.05, 0.1) is 29.7 Å². The second-order valence-corrected chi connectivity index (χ2v) is 14.5. The fourth-order valence-electron chi connectivity index (χ4n) is 5.67. The highest BCUT2D eigenvalue weighted by molar-refractivity contribution is 9.08. The van der Waals surface area contributed by atoms with Crippen molar-refractivity contribution in [3.63, 3.8) is 0 Å². The number of ether oxygens (including phenoxy) is 3. The first-order chi connectivity index (χ1) is 21.2. The maximum atomic E-state index is 13.8. The Balaban J connectivity index is 1.79. The third kappa shape index (κ3) is 9.29. The highest BCUT2D eigenvalue weighted by atomic mass is 79.9. The number of aromatic nitrogens is 1. The van der Waals surface area contributed by atoms with Crippen LogP contribution in [0.2, 0.25) is 0 Å². The van der Waals surface area contributed by atoms with E-state index in [1.807, 2.05) is 53.7 Å². The molecule has 0 radical (unpaired) electrons. The number of rotatable bonds is 11. The first kappa shape index (κ1) is 34.9. The number of esters is 1. The summed E-state index contributed by atoms with van der Waals surface area (Å²) in [6.07, 6.45) is 1.51. The Morgan fingerprint density at radius 2 is 1.67 bits per heavy atom. The van der Waals surface area contributed by atoms with Gasteiger partial charge in [-0.3, -0.25) is 4.98 Å². The number of alkyl halides is 1. The summed E-state index contributed by atoms with van der Waals surface area (Å²) >= 11 is 3.71. The summed E-state index contributed by atoms with van der Waals surface area (Å²) in [5.41, 5.74) is 6.00. The van der Waals surface area contributed by atoms with Crippen molar-refractivity contribution in [2.45, 2.75) is 97.8 Å². The number of carbonyl (C=O) groups is 1. The lowest BCUT2D eigenvalue weighted by molar-refractivity contribution is -0.171. The quantitative estimate of drug-likeness (QED) is 0.148. The van der Waals surface area contributed by atoms with Gasteiger partial charge in [0.1, 0.15) is 11.6 Å². The first-order valence-corrected chi connectivity index (χ1v) is 17.0. The number of halogens is 2. The molecule has 1 aliphatic heterocycles. The van der Waals surface area contributed by atoms with Crippen molar-refractivity contribution < 1.29 is 23.4 Å². The van der Waals surface area contributed by atoms with Gasteiger partial charge in [-0.25, -0.2) is 9.18 Å². The zero-order chi connectivity index (χ0) is 32.9. The van der Waals surface area contributed by atoms with Crippen LogP contribution in [0.15, 0.2) is 48.5 Å². The van der Waals surface area contributed by atoms with Crippen molar-refractivity contribution >= 4 is 27.6 Å². The van der Waals surface area contributed by atoms with Crippen molar-refractivity contribution in [2.75, 3.05) is 24.6 Å². The second-order valence-electron chi connectivity index (χ2n) is 13.9. The van der Waals surface area contributed by atoms with Crippen molar-refractivity contribution in [1.29, 1.82) is 0 Å². The predicted molar refractivity (Wildman–Crippen MR) is 183 cm³/mol. The van der Waals surface area contributed by atoms with Gasteiger partial charge in [0.2, 0.25) is 0 Å². The molecule has 0 spiro atoms. The molecule has 1 saturated heterocycles. The van der Waals surface area contributed by atoms with E-state index >= 15 is 0 Å². The van der Waals surface area contributed by atoms with Gasteiger partial charge in [-0.2, -0.15) is 0 Å². The number of pyridine rings is 1. The molecular formula is C37H48BrFN2O4. The second kappa shape index (κ2) is 14.6. The third-order valence-corrected chi connectivity index (χ3v) is 8.58. The minimum atomic E-state index is -0.943. The molecule has 1 aromatic heterocycles. The Morgan fingerprint density at radius 3 is 2.22 bits per heavy atom. The van der Waals surface area contributed by atoms with Gasteiger partial charge in [0.25, 0.3) is 0 Å². The Labute approximate surface area is 276 Å². The van der Waals surface area contributed by atoms with Crippen LogP contribution in [0.5, 0.6) is 5.75 Å². The van der Waals surface area contributed by atoms with Crippen molar-refractivity contribution in [2.24, 2.45) is 5.41 Å². The van der Waals surface area contributed by atoms with Crippen LogP contribution in [-0.4, -0.2) is 42.4 Å². The molecule has 0 saturated carbocycles. The maximum Gasteiger partial charge on any atom is 0.340 e. The molecule has 1 atom stereocenters. The van der Waals surface area contributed by atoms with E-state index in [-0.39, 0.29) is 17.3 Å². The number of nitrogens with zero attached hydrogens (tertiary/aromatic N) is 2. The lowest BCUT2D eigenvalue weighted by Gasteiger charge is -2.41. The van der Waals surface area contributed by atoms with E-state index in [0.29, 0.717) is 18.4 Å². The van der Waals surface area contributed by atoms with E-state index in [1.165, 1.54) is 12.1 Å². The van der Waals surface area contributed by atoms with E-state index in [1.54, 1.807) is 12.1 Å². The number of hydrogen-bond acceptors (Lipinski definition) is 6. The number of hydrogen-bond donors (Lipinski definition) is 0. The Morgan fingerprint density at radius 1 is 1.04 bits per heavy atom. The molecule has 1 unspecified atom stereocenters. The SMILES string of the molecule is Cc1nc(CBr)c(-c2ccc(OCCc3ccc(F)cc3)cc2)c(N2CCC(C)(C)CC2)c1C(OC(C)(C)C)C(=O)OC(C)C. The van der Waals surface area contributed by atoms with Crippen LogP contribution in [0.3, 0.4) is 0 Å². The Kier molecular flexibility index (Phi) is 11.3. The minimum absolute atomic E-state index is 0.238. The number of anilines is 1. The number of aryl methyl sites for hydroxylation is 1. The average molecular weight is 684 g/mol. The third-order valence-electron chi connectivity index (χ3n) is 8.05. The molecule has 2 heterocycles. The summed E-state index contributed by atoms with van der Waals surface area (Å²) in [6, 6.07) is 14.5. The summed E-state index contributed by atoms with van der Waals surface area (Å²) in [5, 5.41) is 0.549. The standard InChI is InChI=1S/C37H48BrFN2O4/c1-24(2)44-35(42)34(45-36(4,5)6)31-25(3)40-30(23-38)32(33(31)41-20-18-37(7,8)19-21-41)27-11-15-29(16-12-27)43-22-17-26-9-13-28(39)14-10-26/h9-16,24,34H,17-23H2,1-8H3. The van der Waals surface area contributed by atoms with Gasteiger partial charge >= 0.3 is 5.97 Å². The van der Waals surface area contributed by atoms with Crippen molar-refractivity contribution in [3.8, 4) is 16.9 Å². The molecule has 8 heteroatoms. The highest BCUT2D eigenvalue weighted by Crippen LogP contribution is 2.46. The van der Waals surface area contributed by atoms with Crippen LogP contribution in [-0.2, 0) is 26.0 Å². The van der Waals surface area contributed by atoms with Gasteiger partial charge in [-0.15, -0.1) is 0 Å². The molecule has 1 fully saturated rings. The summed E-state index contributed by atoms with van der Waals surface area (Å²) < 4.78 is 31.6. The molecule has 6 nitrogen and oxygen atoms in total. The highest BCUT2D eigenvalue weighted by Gasteiger charge is 2.38. The number of benzene rings is 2. The molecule has 4 rings (SSSR count). The molecule has 244 valence electrons. The summed E-state index contributed by atoms with van der Waals surface area (Å²) in [4.78, 5) is 21.2. The largest absolute Gasteiger partial charge is 0.493 e. The van der Waals surface area contributed by atoms with Crippen LogP contribution in [0.4, 0.5) is 10.1 Å². The van der Waals surface area contributed by atoms with Crippen LogP contribution >= 0.6 is 15.9 Å². The zero-order valence-electron chi connectivity index (χ0n) is 28.0.